The van der Waals surface area contributed by atoms with Crippen LogP contribution in [-0.2, 0) is 0 Å². The lowest BCUT2D eigenvalue weighted by molar-refractivity contribution is 0.125. The lowest BCUT2D eigenvalue weighted by atomic mass is 9.88. The van der Waals surface area contributed by atoms with Gasteiger partial charge in [0.25, 0.3) is 0 Å². The van der Waals surface area contributed by atoms with E-state index in [9.17, 15) is 0 Å². The molecular weight excluding hydrogens is 254 g/mol. The molecule has 1 aliphatic carbocycles. The third kappa shape index (κ3) is 5.01. The quantitative estimate of drug-likeness (QED) is 0.725. The Hall–Kier alpha value is -0.190. The number of nitrogens with zero attached hydrogens (tertiary/aromatic N) is 2. The normalized spacial score (nSPS) is 22.6. The van der Waals surface area contributed by atoms with Crippen molar-refractivity contribution < 1.29 is 0 Å². The first kappa shape index (κ1) is 15.2. The summed E-state index contributed by atoms with van der Waals surface area (Å²) < 4.78 is 0. The first-order valence-corrected chi connectivity index (χ1v) is 8.13. The molecule has 19 heavy (non-hydrogen) atoms. The molecule has 0 aromatic carbocycles. The highest BCUT2D eigenvalue weighted by atomic mass is 32.1. The first-order valence-electron chi connectivity index (χ1n) is 7.72. The Bertz CT molecular complexity index is 305. The minimum absolute atomic E-state index is 0.0170. The third-order valence-corrected chi connectivity index (χ3v) is 5.17. The Labute approximate surface area is 123 Å². The molecule has 0 atom stereocenters. The second-order valence-corrected chi connectivity index (χ2v) is 7.38. The molecule has 1 heterocycles. The minimum atomic E-state index is 0.0170. The van der Waals surface area contributed by atoms with E-state index >= 15 is 0 Å². The van der Waals surface area contributed by atoms with E-state index < -0.39 is 0 Å². The summed E-state index contributed by atoms with van der Waals surface area (Å²) in [6.07, 6.45) is 5.24. The summed E-state index contributed by atoms with van der Waals surface area (Å²) in [5.41, 5.74) is 5.79. The minimum Gasteiger partial charge on any atom is -0.393 e. The summed E-state index contributed by atoms with van der Waals surface area (Å²) >= 11 is 5.12. The zero-order valence-corrected chi connectivity index (χ0v) is 13.3. The van der Waals surface area contributed by atoms with E-state index in [-0.39, 0.29) is 5.41 Å². The third-order valence-electron chi connectivity index (χ3n) is 4.62. The molecule has 2 rings (SSSR count). The molecule has 0 bridgehead atoms. The van der Waals surface area contributed by atoms with Gasteiger partial charge in [-0.25, -0.2) is 0 Å². The molecule has 110 valence electrons. The fourth-order valence-corrected chi connectivity index (χ4v) is 2.83. The van der Waals surface area contributed by atoms with E-state index in [1.807, 2.05) is 0 Å². The largest absolute Gasteiger partial charge is 0.393 e. The van der Waals surface area contributed by atoms with Crippen LogP contribution in [0.5, 0.6) is 0 Å². The van der Waals surface area contributed by atoms with Crippen LogP contribution < -0.4 is 5.73 Å². The van der Waals surface area contributed by atoms with Crippen molar-refractivity contribution in [2.45, 2.75) is 39.5 Å². The van der Waals surface area contributed by atoms with Gasteiger partial charge in [-0.15, -0.1) is 0 Å². The van der Waals surface area contributed by atoms with Crippen LogP contribution in [0.4, 0.5) is 0 Å². The van der Waals surface area contributed by atoms with Gasteiger partial charge in [0.15, 0.2) is 0 Å². The van der Waals surface area contributed by atoms with Gasteiger partial charge in [0.2, 0.25) is 0 Å². The van der Waals surface area contributed by atoms with Gasteiger partial charge in [0.1, 0.15) is 0 Å². The molecule has 0 aromatic heterocycles. The van der Waals surface area contributed by atoms with Crippen molar-refractivity contribution in [3.63, 3.8) is 0 Å². The maximum Gasteiger partial charge on any atom is 0.0784 e. The monoisotopic (exact) mass is 283 g/mol. The standard InChI is InChI=1S/C15H29N3S/c1-15(2,14(16)19)6-3-7-17-8-10-18(11-9-17)12-13-4-5-13/h13H,3-12H2,1-2H3,(H2,16,19). The van der Waals surface area contributed by atoms with E-state index in [2.05, 4.69) is 23.6 Å². The number of hydrogen-bond acceptors (Lipinski definition) is 3. The van der Waals surface area contributed by atoms with Gasteiger partial charge in [-0.2, -0.15) is 0 Å². The number of rotatable bonds is 7. The van der Waals surface area contributed by atoms with Crippen LogP contribution in [0.3, 0.4) is 0 Å². The molecule has 2 N–H and O–H groups in total. The topological polar surface area (TPSA) is 32.5 Å². The molecule has 1 aliphatic heterocycles. The number of hydrogen-bond donors (Lipinski definition) is 1. The molecule has 0 amide bonds. The van der Waals surface area contributed by atoms with Crippen molar-refractivity contribution in [3.05, 3.63) is 0 Å². The molecule has 0 spiro atoms. The molecule has 2 aliphatic rings. The average molecular weight is 283 g/mol. The van der Waals surface area contributed by atoms with Crippen LogP contribution in [0.25, 0.3) is 0 Å². The summed E-state index contributed by atoms with van der Waals surface area (Å²) in [5.74, 6) is 1.03. The van der Waals surface area contributed by atoms with E-state index in [0.29, 0.717) is 4.99 Å². The van der Waals surface area contributed by atoms with Crippen molar-refractivity contribution in [2.75, 3.05) is 39.3 Å². The predicted molar refractivity (Wildman–Crippen MR) is 85.4 cm³/mol. The zero-order chi connectivity index (χ0) is 13.9. The van der Waals surface area contributed by atoms with Gasteiger partial charge in [0, 0.05) is 38.1 Å². The lowest BCUT2D eigenvalue weighted by Crippen LogP contribution is -2.47. The second kappa shape index (κ2) is 6.51. The Morgan fingerprint density at radius 3 is 2.26 bits per heavy atom. The van der Waals surface area contributed by atoms with Crippen molar-refractivity contribution in [1.29, 1.82) is 0 Å². The van der Waals surface area contributed by atoms with Crippen LogP contribution in [0.15, 0.2) is 0 Å². The van der Waals surface area contributed by atoms with Crippen LogP contribution in [-0.4, -0.2) is 54.1 Å². The van der Waals surface area contributed by atoms with Crippen molar-refractivity contribution in [2.24, 2.45) is 17.1 Å². The molecule has 2 fully saturated rings. The summed E-state index contributed by atoms with van der Waals surface area (Å²) in [5, 5.41) is 0. The number of nitrogens with two attached hydrogens (primary N) is 1. The van der Waals surface area contributed by atoms with Gasteiger partial charge < -0.3 is 15.5 Å². The molecule has 0 radical (unpaired) electrons. The van der Waals surface area contributed by atoms with Gasteiger partial charge in [0.05, 0.1) is 4.99 Å². The van der Waals surface area contributed by atoms with Gasteiger partial charge >= 0.3 is 0 Å². The SMILES string of the molecule is CC(C)(CCCN1CCN(CC2CC2)CC1)C(N)=S. The fraction of sp³-hybridized carbons (Fsp3) is 0.933. The van der Waals surface area contributed by atoms with Gasteiger partial charge in [-0.3, -0.25) is 0 Å². The molecule has 4 heteroatoms. The predicted octanol–water partition coefficient (Wildman–Crippen LogP) is 2.11. The molecule has 0 aromatic rings. The highest BCUT2D eigenvalue weighted by Gasteiger charge is 2.26. The summed E-state index contributed by atoms with van der Waals surface area (Å²) in [7, 11) is 0. The number of piperazine rings is 1. The van der Waals surface area contributed by atoms with E-state index in [4.69, 9.17) is 18.0 Å². The highest BCUT2D eigenvalue weighted by Crippen LogP contribution is 2.30. The van der Waals surface area contributed by atoms with Crippen molar-refractivity contribution in [1.82, 2.24) is 9.80 Å². The summed E-state index contributed by atoms with van der Waals surface area (Å²) in [4.78, 5) is 5.90. The molecule has 1 saturated heterocycles. The van der Waals surface area contributed by atoms with E-state index in [1.54, 1.807) is 0 Å². The molecular formula is C15H29N3S. The Kier molecular flexibility index (Phi) is 5.21. The highest BCUT2D eigenvalue weighted by molar-refractivity contribution is 7.80. The summed E-state index contributed by atoms with van der Waals surface area (Å²) in [6.45, 7) is 11.8. The van der Waals surface area contributed by atoms with E-state index in [0.717, 1.165) is 12.3 Å². The first-order chi connectivity index (χ1) is 8.97. The summed E-state index contributed by atoms with van der Waals surface area (Å²) in [6, 6.07) is 0. The Balaban J connectivity index is 1.58. The smallest absolute Gasteiger partial charge is 0.0784 e. The van der Waals surface area contributed by atoms with Gasteiger partial charge in [-0.05, 0) is 38.1 Å². The lowest BCUT2D eigenvalue weighted by Gasteiger charge is -2.35. The molecule has 1 saturated carbocycles. The van der Waals surface area contributed by atoms with Crippen molar-refractivity contribution in [3.8, 4) is 0 Å². The Morgan fingerprint density at radius 1 is 1.16 bits per heavy atom. The number of thiocarbonyl (C=S) groups is 1. The van der Waals surface area contributed by atoms with Crippen LogP contribution >= 0.6 is 12.2 Å². The van der Waals surface area contributed by atoms with Crippen LogP contribution in [0, 0.1) is 11.3 Å². The Morgan fingerprint density at radius 2 is 1.74 bits per heavy atom. The zero-order valence-electron chi connectivity index (χ0n) is 12.5. The maximum atomic E-state index is 5.77. The fourth-order valence-electron chi connectivity index (χ4n) is 2.73. The maximum absolute atomic E-state index is 5.77. The van der Waals surface area contributed by atoms with Crippen molar-refractivity contribution >= 4 is 17.2 Å². The molecule has 0 unspecified atom stereocenters. The van der Waals surface area contributed by atoms with Crippen LogP contribution in [0.2, 0.25) is 0 Å². The van der Waals surface area contributed by atoms with Crippen LogP contribution in [0.1, 0.15) is 39.5 Å². The van der Waals surface area contributed by atoms with E-state index in [1.165, 1.54) is 58.5 Å². The molecule has 3 nitrogen and oxygen atoms in total. The van der Waals surface area contributed by atoms with Gasteiger partial charge in [-0.1, -0.05) is 26.1 Å². The average Bonchev–Trinajstić information content (AvgIpc) is 3.15. The second-order valence-electron chi connectivity index (χ2n) is 6.94.